The van der Waals surface area contributed by atoms with Crippen molar-refractivity contribution in [3.05, 3.63) is 30.3 Å². The first-order valence-electron chi connectivity index (χ1n) is 5.99. The van der Waals surface area contributed by atoms with E-state index in [2.05, 4.69) is 4.72 Å². The number of sulfonamides is 1. The first-order valence-corrected chi connectivity index (χ1v) is 7.48. The van der Waals surface area contributed by atoms with Gasteiger partial charge in [0.05, 0.1) is 4.90 Å². The van der Waals surface area contributed by atoms with Gasteiger partial charge in [0, 0.05) is 13.0 Å². The minimum atomic E-state index is -3.73. The Hall–Kier alpha value is -2.00. The van der Waals surface area contributed by atoms with Crippen LogP contribution in [-0.2, 0) is 19.6 Å². The summed E-state index contributed by atoms with van der Waals surface area (Å²) in [6.07, 6.45) is -0.296. The Balaban J connectivity index is 2.46. The first-order chi connectivity index (χ1) is 9.86. The quantitative estimate of drug-likeness (QED) is 0.619. The van der Waals surface area contributed by atoms with Gasteiger partial charge in [-0.1, -0.05) is 18.2 Å². The number of carboxylic acids is 1. The van der Waals surface area contributed by atoms with Crippen LogP contribution in [0.3, 0.4) is 0 Å². The number of hydrogen-bond acceptors (Lipinski definition) is 4. The van der Waals surface area contributed by atoms with Gasteiger partial charge in [0.25, 0.3) is 0 Å². The van der Waals surface area contributed by atoms with Gasteiger partial charge in [-0.15, -0.1) is 0 Å². The molecule has 0 bridgehead atoms. The molecule has 0 aliphatic rings. The highest BCUT2D eigenvalue weighted by molar-refractivity contribution is 7.89. The lowest BCUT2D eigenvalue weighted by Crippen LogP contribution is -2.43. The van der Waals surface area contributed by atoms with Gasteiger partial charge in [-0.2, -0.15) is 0 Å². The third-order valence-electron chi connectivity index (χ3n) is 2.49. The van der Waals surface area contributed by atoms with Gasteiger partial charge in [-0.25, -0.2) is 22.3 Å². The molecule has 1 amide bonds. The molecule has 9 heteroatoms. The van der Waals surface area contributed by atoms with Gasteiger partial charge < -0.3 is 10.4 Å². The second-order valence-electron chi connectivity index (χ2n) is 4.07. The lowest BCUT2D eigenvalue weighted by molar-refractivity contribution is -0.142. The molecule has 0 aliphatic heterocycles. The molecule has 1 rings (SSSR count). The average Bonchev–Trinajstić information content (AvgIpc) is 2.45. The van der Waals surface area contributed by atoms with Crippen LogP contribution in [0.1, 0.15) is 6.42 Å². The fraction of sp³-hybridized carbons (Fsp3) is 0.333. The molecule has 3 N–H and O–H groups in total. The fourth-order valence-corrected chi connectivity index (χ4v) is 2.47. The van der Waals surface area contributed by atoms with E-state index in [1.54, 1.807) is 18.2 Å². The minimum absolute atomic E-state index is 0.0533. The van der Waals surface area contributed by atoms with Crippen molar-refractivity contribution in [2.45, 2.75) is 17.4 Å². The van der Waals surface area contributed by atoms with Gasteiger partial charge >= 0.3 is 5.97 Å². The van der Waals surface area contributed by atoms with Crippen molar-refractivity contribution >= 4 is 21.9 Å². The van der Waals surface area contributed by atoms with E-state index in [0.717, 1.165) is 0 Å². The minimum Gasteiger partial charge on any atom is -0.480 e. The standard InChI is InChI=1S/C12H15FN2O5S/c13-8-10(12(17)18)15-11(16)6-7-14-21(19,20)9-4-2-1-3-5-9/h1-5,10,14H,6-8H2,(H,15,16)(H,17,18). The van der Waals surface area contributed by atoms with Crippen LogP contribution in [0.4, 0.5) is 4.39 Å². The summed E-state index contributed by atoms with van der Waals surface area (Å²) in [4.78, 5) is 21.9. The zero-order valence-electron chi connectivity index (χ0n) is 11.0. The highest BCUT2D eigenvalue weighted by atomic mass is 32.2. The van der Waals surface area contributed by atoms with Crippen LogP contribution in [0.2, 0.25) is 0 Å². The Morgan fingerprint density at radius 3 is 2.38 bits per heavy atom. The first kappa shape index (κ1) is 17.1. The van der Waals surface area contributed by atoms with Crippen molar-refractivity contribution in [1.29, 1.82) is 0 Å². The lowest BCUT2D eigenvalue weighted by Gasteiger charge is -2.11. The molecular weight excluding hydrogens is 303 g/mol. The fourth-order valence-electron chi connectivity index (χ4n) is 1.41. The summed E-state index contributed by atoms with van der Waals surface area (Å²) in [5.41, 5.74) is 0. The molecule has 1 unspecified atom stereocenters. The molecule has 0 saturated carbocycles. The predicted molar refractivity (Wildman–Crippen MR) is 71.8 cm³/mol. The molecule has 116 valence electrons. The number of alkyl halides is 1. The average molecular weight is 318 g/mol. The summed E-state index contributed by atoms with van der Waals surface area (Å²) in [6, 6.07) is 5.94. The number of benzene rings is 1. The maximum absolute atomic E-state index is 12.3. The van der Waals surface area contributed by atoms with E-state index >= 15 is 0 Å². The number of rotatable bonds is 8. The molecular formula is C12H15FN2O5S. The number of amides is 1. The Kier molecular flexibility index (Phi) is 6.25. The van der Waals surface area contributed by atoms with Gasteiger partial charge in [-0.3, -0.25) is 4.79 Å². The summed E-state index contributed by atoms with van der Waals surface area (Å²) >= 11 is 0. The highest BCUT2D eigenvalue weighted by Gasteiger charge is 2.20. The smallest absolute Gasteiger partial charge is 0.328 e. The molecule has 0 spiro atoms. The molecule has 0 saturated heterocycles. The van der Waals surface area contributed by atoms with Crippen LogP contribution >= 0.6 is 0 Å². The molecule has 1 aromatic rings. The number of halogens is 1. The second kappa shape index (κ2) is 7.70. The van der Waals surface area contributed by atoms with Crippen molar-refractivity contribution in [2.24, 2.45) is 0 Å². The Labute approximate surface area is 121 Å². The maximum Gasteiger partial charge on any atom is 0.328 e. The van der Waals surface area contributed by atoms with Crippen molar-refractivity contribution < 1.29 is 27.5 Å². The summed E-state index contributed by atoms with van der Waals surface area (Å²) in [7, 11) is -3.73. The molecule has 0 fully saturated rings. The Bertz CT molecular complexity index is 591. The summed E-state index contributed by atoms with van der Waals surface area (Å²) < 4.78 is 38.1. The van der Waals surface area contributed by atoms with Crippen LogP contribution in [0.15, 0.2) is 35.2 Å². The van der Waals surface area contributed by atoms with Crippen LogP contribution < -0.4 is 10.0 Å². The number of carboxylic acid groups (broad SMARTS) is 1. The number of carbonyl (C=O) groups excluding carboxylic acids is 1. The van der Waals surface area contributed by atoms with Crippen molar-refractivity contribution in [1.82, 2.24) is 10.0 Å². The van der Waals surface area contributed by atoms with Crippen molar-refractivity contribution in [2.75, 3.05) is 13.2 Å². The summed E-state index contributed by atoms with van der Waals surface area (Å²) in [5.74, 6) is -2.24. The monoisotopic (exact) mass is 318 g/mol. The molecule has 1 atom stereocenters. The van der Waals surface area contributed by atoms with E-state index in [1.165, 1.54) is 12.1 Å². The zero-order valence-corrected chi connectivity index (χ0v) is 11.8. The Morgan fingerprint density at radius 2 is 1.86 bits per heavy atom. The van der Waals surface area contributed by atoms with Crippen LogP contribution in [0.5, 0.6) is 0 Å². The molecule has 0 aliphatic carbocycles. The van der Waals surface area contributed by atoms with Crippen LogP contribution in [0, 0.1) is 0 Å². The normalized spacial score (nSPS) is 12.6. The third-order valence-corrected chi connectivity index (χ3v) is 3.96. The van der Waals surface area contributed by atoms with Crippen LogP contribution in [0.25, 0.3) is 0 Å². The largest absolute Gasteiger partial charge is 0.480 e. The second-order valence-corrected chi connectivity index (χ2v) is 5.84. The number of hydrogen-bond donors (Lipinski definition) is 3. The van der Waals surface area contributed by atoms with Gasteiger partial charge in [0.1, 0.15) is 6.67 Å². The molecule has 21 heavy (non-hydrogen) atoms. The molecule has 0 heterocycles. The third kappa shape index (κ3) is 5.48. The zero-order chi connectivity index (χ0) is 15.9. The number of aliphatic carboxylic acids is 1. The maximum atomic E-state index is 12.3. The molecule has 0 radical (unpaired) electrons. The topological polar surface area (TPSA) is 113 Å². The van der Waals surface area contributed by atoms with Crippen molar-refractivity contribution in [3.8, 4) is 0 Å². The van der Waals surface area contributed by atoms with Crippen LogP contribution in [-0.4, -0.2) is 44.7 Å². The van der Waals surface area contributed by atoms with Gasteiger partial charge in [0.2, 0.25) is 15.9 Å². The SMILES string of the molecule is O=C(CCNS(=O)(=O)c1ccccc1)NC(CF)C(=O)O. The van der Waals surface area contributed by atoms with E-state index in [0.29, 0.717) is 0 Å². The van der Waals surface area contributed by atoms with E-state index in [9.17, 15) is 22.4 Å². The van der Waals surface area contributed by atoms with E-state index in [4.69, 9.17) is 5.11 Å². The van der Waals surface area contributed by atoms with Crippen molar-refractivity contribution in [3.63, 3.8) is 0 Å². The van der Waals surface area contributed by atoms with E-state index in [1.807, 2.05) is 5.32 Å². The van der Waals surface area contributed by atoms with Gasteiger partial charge in [0.15, 0.2) is 6.04 Å². The summed E-state index contributed by atoms with van der Waals surface area (Å²) in [5, 5.41) is 10.5. The highest BCUT2D eigenvalue weighted by Crippen LogP contribution is 2.06. The van der Waals surface area contributed by atoms with E-state index in [-0.39, 0.29) is 17.9 Å². The number of carbonyl (C=O) groups is 2. The Morgan fingerprint density at radius 1 is 1.24 bits per heavy atom. The van der Waals surface area contributed by atoms with Gasteiger partial charge in [-0.05, 0) is 12.1 Å². The predicted octanol–water partition coefficient (Wildman–Crippen LogP) is -0.106. The molecule has 0 aromatic heterocycles. The summed E-state index contributed by atoms with van der Waals surface area (Å²) in [6.45, 7) is -1.46. The number of nitrogens with one attached hydrogen (secondary N) is 2. The molecule has 1 aromatic carbocycles. The molecule has 7 nitrogen and oxygen atoms in total. The lowest BCUT2D eigenvalue weighted by atomic mass is 10.3. The van der Waals surface area contributed by atoms with E-state index < -0.39 is 34.6 Å².